The highest BCUT2D eigenvalue weighted by Crippen LogP contribution is 2.40. The Morgan fingerprint density at radius 1 is 1.12 bits per heavy atom. The van der Waals surface area contributed by atoms with Gasteiger partial charge in [-0.05, 0) is 55.6 Å². The van der Waals surface area contributed by atoms with E-state index in [-0.39, 0.29) is 30.1 Å². The lowest BCUT2D eigenvalue weighted by atomic mass is 9.83. The number of nitrogens with one attached hydrogen (secondary N) is 2. The van der Waals surface area contributed by atoms with Crippen LogP contribution >= 0.6 is 24.0 Å². The van der Waals surface area contributed by atoms with Crippen molar-refractivity contribution in [3.05, 3.63) is 35.4 Å². The molecule has 0 radical (unpaired) electrons. The maximum Gasteiger partial charge on any atom is 0.191 e. The van der Waals surface area contributed by atoms with Gasteiger partial charge < -0.3 is 20.5 Å². The highest BCUT2D eigenvalue weighted by Gasteiger charge is 2.33. The zero-order valence-corrected chi connectivity index (χ0v) is 22.3. The molecule has 2 aliphatic rings. The van der Waals surface area contributed by atoms with Gasteiger partial charge in [0.25, 0.3) is 0 Å². The zero-order valence-electron chi connectivity index (χ0n) is 19.9. The van der Waals surface area contributed by atoms with Crippen LogP contribution in [-0.2, 0) is 17.8 Å². The van der Waals surface area contributed by atoms with Gasteiger partial charge in [0.2, 0.25) is 0 Å². The second kappa shape index (κ2) is 14.4. The van der Waals surface area contributed by atoms with Crippen LogP contribution in [0.5, 0.6) is 0 Å². The minimum atomic E-state index is -0.110. The summed E-state index contributed by atoms with van der Waals surface area (Å²) < 4.78 is 5.63. The molecule has 182 valence electrons. The molecule has 1 aromatic carbocycles. The molecular formula is C25H43IN4O2. The number of guanidine groups is 1. The Morgan fingerprint density at radius 3 is 2.41 bits per heavy atom. The van der Waals surface area contributed by atoms with Crippen LogP contribution in [0.2, 0.25) is 0 Å². The van der Waals surface area contributed by atoms with Gasteiger partial charge in [-0.3, -0.25) is 9.89 Å². The molecular weight excluding hydrogens is 515 g/mol. The van der Waals surface area contributed by atoms with Gasteiger partial charge >= 0.3 is 0 Å². The lowest BCUT2D eigenvalue weighted by Gasteiger charge is -2.30. The van der Waals surface area contributed by atoms with Crippen molar-refractivity contribution in [3.63, 3.8) is 0 Å². The molecule has 1 saturated carbocycles. The summed E-state index contributed by atoms with van der Waals surface area (Å²) in [6.45, 7) is 8.38. The van der Waals surface area contributed by atoms with Crippen LogP contribution in [0.4, 0.5) is 0 Å². The smallest absolute Gasteiger partial charge is 0.191 e. The number of benzene rings is 1. The summed E-state index contributed by atoms with van der Waals surface area (Å²) in [5.74, 6) is 0.874. The Labute approximate surface area is 211 Å². The third-order valence-electron chi connectivity index (χ3n) is 6.95. The van der Waals surface area contributed by atoms with Crippen LogP contribution in [0.1, 0.15) is 63.0 Å². The van der Waals surface area contributed by atoms with E-state index in [1.807, 2.05) is 7.05 Å². The number of hydrogen-bond donors (Lipinski definition) is 3. The molecule has 0 unspecified atom stereocenters. The van der Waals surface area contributed by atoms with Crippen LogP contribution in [0.15, 0.2) is 29.3 Å². The van der Waals surface area contributed by atoms with Crippen molar-refractivity contribution in [1.29, 1.82) is 0 Å². The SMILES string of the molecule is CCOCCC1(CNC(=NC)NCc2ccc(CN3CCC(O)CC3)cc2)CCCC1.I. The molecule has 0 bridgehead atoms. The predicted octanol–water partition coefficient (Wildman–Crippen LogP) is 3.91. The van der Waals surface area contributed by atoms with Crippen LogP contribution in [-0.4, -0.2) is 62.0 Å². The molecule has 1 saturated heterocycles. The van der Waals surface area contributed by atoms with E-state index in [4.69, 9.17) is 4.74 Å². The highest BCUT2D eigenvalue weighted by molar-refractivity contribution is 14.0. The monoisotopic (exact) mass is 558 g/mol. The van der Waals surface area contributed by atoms with Crippen molar-refractivity contribution in [2.75, 3.05) is 39.9 Å². The van der Waals surface area contributed by atoms with Gasteiger partial charge in [0.05, 0.1) is 6.10 Å². The second-order valence-corrected chi connectivity index (χ2v) is 9.26. The summed E-state index contributed by atoms with van der Waals surface area (Å²) in [5, 5.41) is 16.7. The molecule has 0 aromatic heterocycles. The van der Waals surface area contributed by atoms with Crippen molar-refractivity contribution >= 4 is 29.9 Å². The van der Waals surface area contributed by atoms with Gasteiger partial charge in [-0.15, -0.1) is 24.0 Å². The molecule has 32 heavy (non-hydrogen) atoms. The Hall–Kier alpha value is -0.900. The summed E-state index contributed by atoms with van der Waals surface area (Å²) in [6, 6.07) is 8.85. The summed E-state index contributed by atoms with van der Waals surface area (Å²) in [7, 11) is 1.84. The van der Waals surface area contributed by atoms with Crippen molar-refractivity contribution in [3.8, 4) is 0 Å². The zero-order chi connectivity index (χ0) is 21.9. The minimum Gasteiger partial charge on any atom is -0.393 e. The van der Waals surface area contributed by atoms with Gasteiger partial charge in [0, 0.05) is 53.0 Å². The van der Waals surface area contributed by atoms with E-state index in [9.17, 15) is 5.11 Å². The summed E-state index contributed by atoms with van der Waals surface area (Å²) in [6.07, 6.45) is 8.00. The number of ether oxygens (including phenoxy) is 1. The van der Waals surface area contributed by atoms with Crippen molar-refractivity contribution in [2.24, 2.45) is 10.4 Å². The number of hydrogen-bond acceptors (Lipinski definition) is 4. The number of piperidine rings is 1. The average Bonchev–Trinajstić information content (AvgIpc) is 3.26. The fourth-order valence-electron chi connectivity index (χ4n) is 4.85. The molecule has 7 heteroatoms. The highest BCUT2D eigenvalue weighted by atomic mass is 127. The van der Waals surface area contributed by atoms with Gasteiger partial charge in [-0.1, -0.05) is 37.1 Å². The fourth-order valence-corrected chi connectivity index (χ4v) is 4.85. The van der Waals surface area contributed by atoms with Gasteiger partial charge in [-0.2, -0.15) is 0 Å². The molecule has 1 heterocycles. The number of halogens is 1. The third-order valence-corrected chi connectivity index (χ3v) is 6.95. The lowest BCUT2D eigenvalue weighted by Crippen LogP contribution is -2.43. The number of rotatable bonds is 10. The first-order valence-corrected chi connectivity index (χ1v) is 12.1. The van der Waals surface area contributed by atoms with Crippen LogP contribution in [0, 0.1) is 5.41 Å². The number of aliphatic hydroxyl groups is 1. The standard InChI is InChI=1S/C25H42N4O2.HI/c1-3-31-17-14-25(12-4-5-13-25)20-28-24(26-2)27-18-21-6-8-22(9-7-21)19-29-15-10-23(30)11-16-29;/h6-9,23,30H,3-5,10-20H2,1-2H3,(H2,26,27,28);1H. The molecule has 0 spiro atoms. The fraction of sp³-hybridized carbons (Fsp3) is 0.720. The molecule has 1 aromatic rings. The van der Waals surface area contributed by atoms with Crippen LogP contribution < -0.4 is 10.6 Å². The third kappa shape index (κ3) is 8.80. The second-order valence-electron chi connectivity index (χ2n) is 9.26. The molecule has 1 aliphatic heterocycles. The summed E-state index contributed by atoms with van der Waals surface area (Å²) >= 11 is 0. The molecule has 3 rings (SSSR count). The molecule has 0 amide bonds. The van der Waals surface area contributed by atoms with Crippen LogP contribution in [0.3, 0.4) is 0 Å². The molecule has 1 aliphatic carbocycles. The Bertz CT molecular complexity index is 669. The summed E-state index contributed by atoms with van der Waals surface area (Å²) in [4.78, 5) is 6.86. The molecule has 3 N–H and O–H groups in total. The maximum absolute atomic E-state index is 9.66. The van der Waals surface area contributed by atoms with Gasteiger partial charge in [0.1, 0.15) is 0 Å². The van der Waals surface area contributed by atoms with Gasteiger partial charge in [-0.25, -0.2) is 0 Å². The minimum absolute atomic E-state index is 0. The van der Waals surface area contributed by atoms with E-state index in [2.05, 4.69) is 51.7 Å². The summed E-state index contributed by atoms with van der Waals surface area (Å²) in [5.41, 5.74) is 2.94. The molecule has 6 nitrogen and oxygen atoms in total. The largest absolute Gasteiger partial charge is 0.393 e. The van der Waals surface area contributed by atoms with E-state index in [0.717, 1.165) is 71.2 Å². The topological polar surface area (TPSA) is 69.1 Å². The number of likely N-dealkylation sites (tertiary alicyclic amines) is 1. The molecule has 0 atom stereocenters. The van der Waals surface area contributed by atoms with Crippen molar-refractivity contribution < 1.29 is 9.84 Å². The Morgan fingerprint density at radius 2 is 1.78 bits per heavy atom. The van der Waals surface area contributed by atoms with Crippen molar-refractivity contribution in [2.45, 2.75) is 71.1 Å². The van der Waals surface area contributed by atoms with E-state index in [1.165, 1.54) is 36.8 Å². The quantitative estimate of drug-likeness (QED) is 0.176. The normalized spacial score (nSPS) is 19.5. The van der Waals surface area contributed by atoms with E-state index in [0.29, 0.717) is 5.41 Å². The predicted molar refractivity (Wildman–Crippen MR) is 143 cm³/mol. The van der Waals surface area contributed by atoms with E-state index in [1.54, 1.807) is 0 Å². The molecule has 2 fully saturated rings. The van der Waals surface area contributed by atoms with E-state index >= 15 is 0 Å². The first kappa shape index (κ1) is 27.3. The number of aliphatic hydroxyl groups excluding tert-OH is 1. The Kier molecular flexibility index (Phi) is 12.3. The van der Waals surface area contributed by atoms with Crippen molar-refractivity contribution in [1.82, 2.24) is 15.5 Å². The average molecular weight is 559 g/mol. The van der Waals surface area contributed by atoms with Gasteiger partial charge in [0.15, 0.2) is 5.96 Å². The Balaban J connectivity index is 0.00000363. The van der Waals surface area contributed by atoms with Crippen LogP contribution in [0.25, 0.3) is 0 Å². The maximum atomic E-state index is 9.66. The number of aliphatic imine (C=N–C) groups is 1. The number of nitrogens with zero attached hydrogens (tertiary/aromatic N) is 2. The first-order valence-electron chi connectivity index (χ1n) is 12.1. The first-order chi connectivity index (χ1) is 15.1. The van der Waals surface area contributed by atoms with E-state index < -0.39 is 0 Å². The lowest BCUT2D eigenvalue weighted by molar-refractivity contribution is 0.0792.